The van der Waals surface area contributed by atoms with Gasteiger partial charge in [0.2, 0.25) is 0 Å². The lowest BCUT2D eigenvalue weighted by atomic mass is 10.0. The van der Waals surface area contributed by atoms with Gasteiger partial charge in [0.25, 0.3) is 5.91 Å². The molecule has 0 atom stereocenters. The van der Waals surface area contributed by atoms with Crippen molar-refractivity contribution in [1.29, 1.82) is 0 Å². The molecule has 4 rings (SSSR count). The molecule has 1 aliphatic heterocycles. The van der Waals surface area contributed by atoms with Crippen LogP contribution in [0.1, 0.15) is 48.2 Å². The van der Waals surface area contributed by atoms with Crippen LogP contribution in [0.25, 0.3) is 0 Å². The van der Waals surface area contributed by atoms with Crippen LogP contribution in [0, 0.1) is 5.92 Å². The molecule has 0 bridgehead atoms. The van der Waals surface area contributed by atoms with Crippen LogP contribution < -0.4 is 11.1 Å². The Bertz CT molecular complexity index is 806. The van der Waals surface area contributed by atoms with Gasteiger partial charge in [-0.25, -0.2) is 0 Å². The van der Waals surface area contributed by atoms with Crippen molar-refractivity contribution in [3.8, 4) is 0 Å². The number of anilines is 1. The van der Waals surface area contributed by atoms with Crippen LogP contribution in [-0.2, 0) is 6.42 Å². The highest BCUT2D eigenvalue weighted by molar-refractivity contribution is 5.94. The summed E-state index contributed by atoms with van der Waals surface area (Å²) in [5.74, 6) is 1.16. The van der Waals surface area contributed by atoms with Crippen LogP contribution in [-0.4, -0.2) is 61.5 Å². The van der Waals surface area contributed by atoms with Gasteiger partial charge in [0.05, 0.1) is 0 Å². The first-order chi connectivity index (χ1) is 15.1. The van der Waals surface area contributed by atoms with Crippen LogP contribution >= 0.6 is 0 Å². The summed E-state index contributed by atoms with van der Waals surface area (Å²) in [6.07, 6.45) is 3.80. The Morgan fingerprint density at radius 3 is 2.29 bits per heavy atom. The van der Waals surface area contributed by atoms with Gasteiger partial charge in [0, 0.05) is 57.1 Å². The number of carbonyl (C=O) groups is 1. The third-order valence-corrected chi connectivity index (χ3v) is 6.03. The standard InChI is InChI=1S/C18H22N2O.C8H16N2/c1-3-20(4-2)18(21)16-10-8-14(9-11-16)12-15-6-5-7-17(19)13-15;1-2-8(1)7-10-5-3-9-4-6-10/h5-11,13H,3-4,12,19H2,1-2H3;8-9H,1-7H2. The highest BCUT2D eigenvalue weighted by atomic mass is 16.2. The summed E-state index contributed by atoms with van der Waals surface area (Å²) in [4.78, 5) is 16.6. The second kappa shape index (κ2) is 11.9. The van der Waals surface area contributed by atoms with Crippen LogP contribution in [0.15, 0.2) is 48.5 Å². The van der Waals surface area contributed by atoms with E-state index in [0.29, 0.717) is 0 Å². The summed E-state index contributed by atoms with van der Waals surface area (Å²) in [5.41, 5.74) is 9.67. The number of nitrogens with zero attached hydrogens (tertiary/aromatic N) is 2. The molecule has 0 spiro atoms. The lowest BCUT2D eigenvalue weighted by Crippen LogP contribution is -2.44. The van der Waals surface area contributed by atoms with Crippen molar-refractivity contribution in [3.63, 3.8) is 0 Å². The van der Waals surface area contributed by atoms with Crippen molar-refractivity contribution in [2.75, 3.05) is 51.5 Å². The van der Waals surface area contributed by atoms with Crippen molar-refractivity contribution < 1.29 is 4.79 Å². The zero-order chi connectivity index (χ0) is 22.1. The van der Waals surface area contributed by atoms with Gasteiger partial charge >= 0.3 is 0 Å². The van der Waals surface area contributed by atoms with E-state index in [1.807, 2.05) is 61.2 Å². The van der Waals surface area contributed by atoms with Crippen molar-refractivity contribution in [2.24, 2.45) is 5.92 Å². The third kappa shape index (κ3) is 7.67. The molecule has 1 heterocycles. The highest BCUT2D eigenvalue weighted by Crippen LogP contribution is 2.29. The summed E-state index contributed by atoms with van der Waals surface area (Å²) >= 11 is 0. The van der Waals surface area contributed by atoms with Gasteiger partial charge in [0.15, 0.2) is 0 Å². The molecule has 1 saturated heterocycles. The Balaban J connectivity index is 0.000000225. The number of hydrogen-bond donors (Lipinski definition) is 2. The summed E-state index contributed by atoms with van der Waals surface area (Å²) in [6.45, 7) is 11.8. The lowest BCUT2D eigenvalue weighted by molar-refractivity contribution is 0.0773. The van der Waals surface area contributed by atoms with Gasteiger partial charge in [-0.15, -0.1) is 0 Å². The molecule has 0 unspecified atom stereocenters. The van der Waals surface area contributed by atoms with E-state index in [4.69, 9.17) is 5.73 Å². The predicted octanol–water partition coefficient (Wildman–Crippen LogP) is 3.64. The Morgan fingerprint density at radius 2 is 1.71 bits per heavy atom. The average molecular weight is 423 g/mol. The van der Waals surface area contributed by atoms with Crippen LogP contribution in [0.4, 0.5) is 5.69 Å². The maximum atomic E-state index is 12.2. The zero-order valence-corrected chi connectivity index (χ0v) is 19.1. The maximum Gasteiger partial charge on any atom is 0.253 e. The van der Waals surface area contributed by atoms with E-state index >= 15 is 0 Å². The molecule has 31 heavy (non-hydrogen) atoms. The Labute approximate surface area is 187 Å². The predicted molar refractivity (Wildman–Crippen MR) is 129 cm³/mol. The molecule has 2 aliphatic rings. The van der Waals surface area contributed by atoms with E-state index in [2.05, 4.69) is 16.3 Å². The largest absolute Gasteiger partial charge is 0.399 e. The molecule has 2 aromatic carbocycles. The fourth-order valence-electron chi connectivity index (χ4n) is 3.96. The number of carbonyl (C=O) groups excluding carboxylic acids is 1. The fraction of sp³-hybridized carbons (Fsp3) is 0.500. The maximum absolute atomic E-state index is 12.2. The third-order valence-electron chi connectivity index (χ3n) is 6.03. The number of amides is 1. The van der Waals surface area contributed by atoms with E-state index in [1.165, 1.54) is 56.7 Å². The van der Waals surface area contributed by atoms with Crippen molar-refractivity contribution in [2.45, 2.75) is 33.1 Å². The Kier molecular flexibility index (Phi) is 8.92. The van der Waals surface area contributed by atoms with Crippen LogP contribution in [0.3, 0.4) is 0 Å². The number of nitrogen functional groups attached to an aromatic ring is 1. The van der Waals surface area contributed by atoms with Gasteiger partial charge < -0.3 is 20.9 Å². The highest BCUT2D eigenvalue weighted by Gasteiger charge is 2.24. The molecule has 3 N–H and O–H groups in total. The summed E-state index contributed by atoms with van der Waals surface area (Å²) in [5, 5.41) is 3.37. The minimum Gasteiger partial charge on any atom is -0.399 e. The minimum absolute atomic E-state index is 0.0931. The van der Waals surface area contributed by atoms with Gasteiger partial charge in [-0.1, -0.05) is 24.3 Å². The SMILES string of the molecule is C1CN(CC2CC2)CCN1.CCN(CC)C(=O)c1ccc(Cc2cccc(N)c2)cc1. The number of rotatable bonds is 7. The second-order valence-electron chi connectivity index (χ2n) is 8.59. The van der Waals surface area contributed by atoms with Crippen molar-refractivity contribution in [1.82, 2.24) is 15.1 Å². The monoisotopic (exact) mass is 422 g/mol. The fourth-order valence-corrected chi connectivity index (χ4v) is 3.96. The van der Waals surface area contributed by atoms with E-state index in [-0.39, 0.29) is 5.91 Å². The normalized spacial score (nSPS) is 16.3. The molecule has 2 fully saturated rings. The first-order valence-corrected chi connectivity index (χ1v) is 11.7. The Hall–Kier alpha value is -2.37. The number of benzene rings is 2. The van der Waals surface area contributed by atoms with Gasteiger partial charge in [-0.2, -0.15) is 0 Å². The topological polar surface area (TPSA) is 61.6 Å². The van der Waals surface area contributed by atoms with Crippen LogP contribution in [0.5, 0.6) is 0 Å². The zero-order valence-electron chi connectivity index (χ0n) is 19.1. The molecule has 0 aromatic heterocycles. The van der Waals surface area contributed by atoms with Crippen LogP contribution in [0.2, 0.25) is 0 Å². The van der Waals surface area contributed by atoms with Crippen molar-refractivity contribution >= 4 is 11.6 Å². The summed E-state index contributed by atoms with van der Waals surface area (Å²) < 4.78 is 0. The van der Waals surface area contributed by atoms with E-state index in [1.54, 1.807) is 0 Å². The molecular formula is C26H38N4O. The average Bonchev–Trinajstić information content (AvgIpc) is 3.60. The number of hydrogen-bond acceptors (Lipinski definition) is 4. The van der Waals surface area contributed by atoms with E-state index in [9.17, 15) is 4.79 Å². The van der Waals surface area contributed by atoms with Gasteiger partial charge in [0.1, 0.15) is 0 Å². The molecule has 2 aromatic rings. The summed E-state index contributed by atoms with van der Waals surface area (Å²) in [7, 11) is 0. The molecule has 1 saturated carbocycles. The minimum atomic E-state index is 0.0931. The van der Waals surface area contributed by atoms with E-state index < -0.39 is 0 Å². The van der Waals surface area contributed by atoms with E-state index in [0.717, 1.165) is 36.7 Å². The van der Waals surface area contributed by atoms with Gasteiger partial charge in [-0.3, -0.25) is 4.79 Å². The number of nitrogens with one attached hydrogen (secondary N) is 1. The Morgan fingerprint density at radius 1 is 1.03 bits per heavy atom. The lowest BCUT2D eigenvalue weighted by Gasteiger charge is -2.26. The molecule has 168 valence electrons. The molecule has 5 heteroatoms. The molecule has 1 aliphatic carbocycles. The number of piperazine rings is 1. The molecular weight excluding hydrogens is 384 g/mol. The van der Waals surface area contributed by atoms with Crippen molar-refractivity contribution in [3.05, 3.63) is 65.2 Å². The summed E-state index contributed by atoms with van der Waals surface area (Å²) in [6, 6.07) is 15.7. The second-order valence-corrected chi connectivity index (χ2v) is 8.59. The smallest absolute Gasteiger partial charge is 0.253 e. The first kappa shape index (κ1) is 23.3. The number of nitrogens with two attached hydrogens (primary N) is 1. The first-order valence-electron chi connectivity index (χ1n) is 11.7. The quantitative estimate of drug-likeness (QED) is 0.669. The molecule has 1 amide bonds. The molecule has 0 radical (unpaired) electrons. The molecule has 5 nitrogen and oxygen atoms in total. The van der Waals surface area contributed by atoms with Gasteiger partial charge in [-0.05, 0) is 74.4 Å².